The molecule has 18 heavy (non-hydrogen) atoms. The van der Waals surface area contributed by atoms with E-state index >= 15 is 0 Å². The van der Waals surface area contributed by atoms with Gasteiger partial charge in [-0.1, -0.05) is 6.07 Å². The van der Waals surface area contributed by atoms with E-state index in [1.807, 2.05) is 0 Å². The third-order valence-corrected chi connectivity index (χ3v) is 3.11. The van der Waals surface area contributed by atoms with Crippen LogP contribution in [0.3, 0.4) is 0 Å². The fraction of sp³-hybridized carbons (Fsp3) is 0.455. The summed E-state index contributed by atoms with van der Waals surface area (Å²) in [7, 11) is 0. The number of anilines is 1. The fourth-order valence-electron chi connectivity index (χ4n) is 2.16. The molecule has 0 saturated carbocycles. The van der Waals surface area contributed by atoms with E-state index < -0.39 is 23.0 Å². The summed E-state index contributed by atoms with van der Waals surface area (Å²) in [6.45, 7) is 0.333. The highest BCUT2D eigenvalue weighted by atomic mass is 16.6. The Morgan fingerprint density at radius 2 is 2.33 bits per heavy atom. The standard InChI is InChI=1S/C11H13N3O4/c15-11(16)8-4-6-13(10(7-8)14(17)18)9-3-1-2-5-12-9/h1-3,5,8,10H,4,6-7H2,(H,15,16). The number of hydrogen-bond acceptors (Lipinski definition) is 5. The third kappa shape index (κ3) is 2.39. The zero-order valence-corrected chi connectivity index (χ0v) is 9.60. The molecule has 1 N–H and O–H groups in total. The molecule has 2 unspecified atom stereocenters. The molecule has 1 fully saturated rings. The van der Waals surface area contributed by atoms with Crippen molar-refractivity contribution in [1.82, 2.24) is 4.98 Å². The van der Waals surface area contributed by atoms with Gasteiger partial charge in [0, 0.05) is 24.1 Å². The van der Waals surface area contributed by atoms with Crippen molar-refractivity contribution in [3.8, 4) is 0 Å². The van der Waals surface area contributed by atoms with Gasteiger partial charge >= 0.3 is 5.97 Å². The number of aliphatic carboxylic acids is 1. The van der Waals surface area contributed by atoms with Gasteiger partial charge in [0.1, 0.15) is 5.82 Å². The van der Waals surface area contributed by atoms with Gasteiger partial charge in [0.05, 0.1) is 5.92 Å². The van der Waals surface area contributed by atoms with Gasteiger partial charge in [-0.15, -0.1) is 0 Å². The number of carboxylic acid groups (broad SMARTS) is 1. The fourth-order valence-corrected chi connectivity index (χ4v) is 2.16. The average molecular weight is 251 g/mol. The van der Waals surface area contributed by atoms with E-state index in [0.29, 0.717) is 18.8 Å². The molecule has 0 aromatic carbocycles. The molecule has 1 aliphatic rings. The van der Waals surface area contributed by atoms with E-state index in [2.05, 4.69) is 4.98 Å². The molecule has 1 saturated heterocycles. The molecule has 0 amide bonds. The number of nitro groups is 1. The topological polar surface area (TPSA) is 96.6 Å². The number of nitrogens with zero attached hydrogens (tertiary/aromatic N) is 3. The van der Waals surface area contributed by atoms with Crippen molar-refractivity contribution in [1.29, 1.82) is 0 Å². The van der Waals surface area contributed by atoms with E-state index in [9.17, 15) is 14.9 Å². The van der Waals surface area contributed by atoms with Crippen LogP contribution in [0.25, 0.3) is 0 Å². The maximum Gasteiger partial charge on any atom is 0.306 e. The molecule has 96 valence electrons. The zero-order valence-electron chi connectivity index (χ0n) is 9.60. The second kappa shape index (κ2) is 4.99. The smallest absolute Gasteiger partial charge is 0.306 e. The maximum absolute atomic E-state index is 11.0. The van der Waals surface area contributed by atoms with Crippen molar-refractivity contribution in [2.45, 2.75) is 19.0 Å². The van der Waals surface area contributed by atoms with E-state index in [1.54, 1.807) is 29.3 Å². The Morgan fingerprint density at radius 1 is 1.56 bits per heavy atom. The molecule has 1 aliphatic heterocycles. The van der Waals surface area contributed by atoms with Crippen LogP contribution < -0.4 is 4.90 Å². The van der Waals surface area contributed by atoms with Crippen LogP contribution in [0.1, 0.15) is 12.8 Å². The van der Waals surface area contributed by atoms with Gasteiger partial charge in [0.2, 0.25) is 0 Å². The molecule has 1 aromatic heterocycles. The lowest BCUT2D eigenvalue weighted by atomic mass is 9.94. The SMILES string of the molecule is O=C(O)C1CCN(c2ccccn2)C([N+](=O)[O-])C1. The average Bonchev–Trinajstić information content (AvgIpc) is 2.39. The molecular formula is C11H13N3O4. The highest BCUT2D eigenvalue weighted by Crippen LogP contribution is 2.27. The Kier molecular flexibility index (Phi) is 3.40. The minimum Gasteiger partial charge on any atom is -0.481 e. The Balaban J connectivity index is 2.21. The van der Waals surface area contributed by atoms with E-state index in [1.165, 1.54) is 0 Å². The van der Waals surface area contributed by atoms with Crippen LogP contribution in [0.2, 0.25) is 0 Å². The molecule has 2 atom stereocenters. The molecule has 7 heteroatoms. The highest BCUT2D eigenvalue weighted by molar-refractivity contribution is 5.70. The van der Waals surface area contributed by atoms with Crippen LogP contribution in [-0.2, 0) is 4.79 Å². The number of pyridine rings is 1. The van der Waals surface area contributed by atoms with Crippen LogP contribution in [-0.4, -0.2) is 33.7 Å². The molecule has 0 aliphatic carbocycles. The molecule has 2 rings (SSSR count). The first-order valence-electron chi connectivity index (χ1n) is 5.63. The monoisotopic (exact) mass is 251 g/mol. The van der Waals surface area contributed by atoms with Crippen molar-refractivity contribution >= 4 is 11.8 Å². The van der Waals surface area contributed by atoms with E-state index in [-0.39, 0.29) is 6.42 Å². The summed E-state index contributed by atoms with van der Waals surface area (Å²) in [5.41, 5.74) is 0. The normalized spacial score (nSPS) is 23.7. The molecule has 0 radical (unpaired) electrons. The number of rotatable bonds is 3. The molecular weight excluding hydrogens is 238 g/mol. The maximum atomic E-state index is 11.0. The number of carbonyl (C=O) groups is 1. The quantitative estimate of drug-likeness (QED) is 0.635. The van der Waals surface area contributed by atoms with Gasteiger partial charge < -0.3 is 5.11 Å². The second-order valence-corrected chi connectivity index (χ2v) is 4.21. The Bertz CT molecular complexity index is 451. The Labute approximate surface area is 103 Å². The lowest BCUT2D eigenvalue weighted by Crippen LogP contribution is -2.49. The van der Waals surface area contributed by atoms with Crippen molar-refractivity contribution in [2.24, 2.45) is 5.92 Å². The first-order valence-corrected chi connectivity index (χ1v) is 5.63. The third-order valence-electron chi connectivity index (χ3n) is 3.11. The Hall–Kier alpha value is -2.18. The molecule has 0 spiro atoms. The number of aromatic nitrogens is 1. The first-order chi connectivity index (χ1) is 8.59. The van der Waals surface area contributed by atoms with Crippen molar-refractivity contribution < 1.29 is 14.8 Å². The number of hydrogen-bond donors (Lipinski definition) is 1. The summed E-state index contributed by atoms with van der Waals surface area (Å²) >= 11 is 0. The number of piperidine rings is 1. The largest absolute Gasteiger partial charge is 0.481 e. The minimum atomic E-state index is -1.02. The summed E-state index contributed by atoms with van der Waals surface area (Å²) in [5.74, 6) is -1.11. The predicted octanol–water partition coefficient (Wildman–Crippen LogP) is 0.985. The molecule has 7 nitrogen and oxygen atoms in total. The second-order valence-electron chi connectivity index (χ2n) is 4.21. The summed E-state index contributed by atoms with van der Waals surface area (Å²) < 4.78 is 0. The lowest BCUT2D eigenvalue weighted by molar-refractivity contribution is -0.525. The zero-order chi connectivity index (χ0) is 13.1. The molecule has 1 aromatic rings. The summed E-state index contributed by atoms with van der Waals surface area (Å²) in [6.07, 6.45) is 0.958. The summed E-state index contributed by atoms with van der Waals surface area (Å²) in [4.78, 5) is 27.2. The van der Waals surface area contributed by atoms with Crippen LogP contribution in [0.4, 0.5) is 5.82 Å². The van der Waals surface area contributed by atoms with E-state index in [4.69, 9.17) is 5.11 Å². The van der Waals surface area contributed by atoms with Gasteiger partial charge in [0.25, 0.3) is 6.17 Å². The van der Waals surface area contributed by atoms with Gasteiger partial charge in [-0.05, 0) is 18.6 Å². The molecule has 2 heterocycles. The van der Waals surface area contributed by atoms with Crippen LogP contribution >= 0.6 is 0 Å². The first kappa shape index (κ1) is 12.3. The Morgan fingerprint density at radius 3 is 2.89 bits per heavy atom. The highest BCUT2D eigenvalue weighted by Gasteiger charge is 2.39. The number of carboxylic acids is 1. The predicted molar refractivity (Wildman–Crippen MR) is 62.7 cm³/mol. The lowest BCUT2D eigenvalue weighted by Gasteiger charge is -2.33. The van der Waals surface area contributed by atoms with Crippen LogP contribution in [0, 0.1) is 16.0 Å². The van der Waals surface area contributed by atoms with Crippen LogP contribution in [0.15, 0.2) is 24.4 Å². The summed E-state index contributed by atoms with van der Waals surface area (Å²) in [5, 5.41) is 20.0. The minimum absolute atomic E-state index is 0.0128. The van der Waals surface area contributed by atoms with Gasteiger partial charge in [-0.3, -0.25) is 19.8 Å². The van der Waals surface area contributed by atoms with Crippen LogP contribution in [0.5, 0.6) is 0 Å². The van der Waals surface area contributed by atoms with E-state index in [0.717, 1.165) is 0 Å². The van der Waals surface area contributed by atoms with Gasteiger partial charge in [0.15, 0.2) is 0 Å². The van der Waals surface area contributed by atoms with Crippen molar-refractivity contribution in [3.63, 3.8) is 0 Å². The van der Waals surface area contributed by atoms with Gasteiger partial charge in [-0.25, -0.2) is 4.98 Å². The van der Waals surface area contributed by atoms with Crippen molar-refractivity contribution in [2.75, 3.05) is 11.4 Å². The van der Waals surface area contributed by atoms with Crippen molar-refractivity contribution in [3.05, 3.63) is 34.5 Å². The summed E-state index contributed by atoms with van der Waals surface area (Å²) in [6, 6.07) is 5.18. The molecule has 0 bridgehead atoms. The van der Waals surface area contributed by atoms with Gasteiger partial charge in [-0.2, -0.15) is 0 Å².